The summed E-state index contributed by atoms with van der Waals surface area (Å²) in [6.07, 6.45) is 2.51. The fraction of sp³-hybridized carbons (Fsp3) is 0.150. The van der Waals surface area contributed by atoms with Crippen molar-refractivity contribution in [2.45, 2.75) is 13.3 Å². The molecule has 0 N–H and O–H groups in total. The van der Waals surface area contributed by atoms with Crippen LogP contribution < -0.4 is 4.74 Å². The molecule has 0 fully saturated rings. The van der Waals surface area contributed by atoms with Crippen molar-refractivity contribution in [3.8, 4) is 11.8 Å². The maximum absolute atomic E-state index is 9.16. The Morgan fingerprint density at radius 1 is 1.17 bits per heavy atom. The van der Waals surface area contributed by atoms with E-state index in [9.17, 15) is 0 Å². The maximum atomic E-state index is 9.16. The highest BCUT2D eigenvalue weighted by Gasteiger charge is 2.23. The Morgan fingerprint density at radius 2 is 2.00 bits per heavy atom. The molecule has 0 atom stereocenters. The van der Waals surface area contributed by atoms with Gasteiger partial charge < -0.3 is 4.74 Å². The minimum absolute atomic E-state index is 0.388. The zero-order valence-corrected chi connectivity index (χ0v) is 13.8. The molecule has 0 aliphatic heterocycles. The molecule has 0 amide bonds. The number of methoxy groups -OCH3 is 1. The summed E-state index contributed by atoms with van der Waals surface area (Å²) < 4.78 is 5.33. The summed E-state index contributed by atoms with van der Waals surface area (Å²) in [5.74, 6) is 0.802. The van der Waals surface area contributed by atoms with Crippen LogP contribution in [0.4, 0.5) is 0 Å². The van der Waals surface area contributed by atoms with E-state index in [0.717, 1.165) is 39.2 Å². The SMILES string of the molecule is COc1ccc2c(c1)C(CC#N)=C(C)C2=Cc1cccc(Cl)c1. The van der Waals surface area contributed by atoms with E-state index < -0.39 is 0 Å². The smallest absolute Gasteiger partial charge is 0.119 e. The zero-order chi connectivity index (χ0) is 16.4. The number of rotatable bonds is 3. The van der Waals surface area contributed by atoms with Gasteiger partial charge in [0, 0.05) is 5.02 Å². The maximum Gasteiger partial charge on any atom is 0.119 e. The van der Waals surface area contributed by atoms with E-state index in [1.54, 1.807) is 7.11 Å². The third kappa shape index (κ3) is 2.88. The molecule has 114 valence electrons. The number of benzene rings is 2. The first-order valence-corrected chi connectivity index (χ1v) is 7.75. The molecule has 3 heteroatoms. The Morgan fingerprint density at radius 3 is 2.70 bits per heavy atom. The van der Waals surface area contributed by atoms with Gasteiger partial charge in [0.15, 0.2) is 0 Å². The summed E-state index contributed by atoms with van der Waals surface area (Å²) in [6, 6.07) is 16.0. The Kier molecular flexibility index (Phi) is 4.23. The van der Waals surface area contributed by atoms with Crippen LogP contribution in [0.3, 0.4) is 0 Å². The standard InChI is InChI=1S/C20H16ClNO/c1-13-17(8-9-22)20-12-16(23-2)6-7-18(20)19(13)11-14-4-3-5-15(21)10-14/h3-7,10-12H,8H2,1-2H3. The number of fused-ring (bicyclic) bond motifs is 1. The molecule has 0 radical (unpaired) electrons. The number of halogens is 1. The lowest BCUT2D eigenvalue weighted by molar-refractivity contribution is 0.414. The van der Waals surface area contributed by atoms with Crippen molar-refractivity contribution in [3.63, 3.8) is 0 Å². The molecule has 0 saturated heterocycles. The van der Waals surface area contributed by atoms with E-state index >= 15 is 0 Å². The predicted molar refractivity (Wildman–Crippen MR) is 95.1 cm³/mol. The van der Waals surface area contributed by atoms with Crippen molar-refractivity contribution >= 4 is 28.8 Å². The van der Waals surface area contributed by atoms with Gasteiger partial charge in [0.25, 0.3) is 0 Å². The third-order valence-electron chi connectivity index (χ3n) is 4.11. The summed E-state index contributed by atoms with van der Waals surface area (Å²) in [6.45, 7) is 2.07. The minimum Gasteiger partial charge on any atom is -0.497 e. The van der Waals surface area contributed by atoms with Crippen LogP contribution in [0, 0.1) is 11.3 Å². The number of hydrogen-bond acceptors (Lipinski definition) is 2. The normalized spacial score (nSPS) is 14.8. The number of hydrogen-bond donors (Lipinski definition) is 0. The Balaban J connectivity index is 2.17. The number of ether oxygens (including phenoxy) is 1. The van der Waals surface area contributed by atoms with Crippen LogP contribution >= 0.6 is 11.6 Å². The van der Waals surface area contributed by atoms with Crippen molar-refractivity contribution in [1.82, 2.24) is 0 Å². The van der Waals surface area contributed by atoms with Crippen molar-refractivity contribution in [1.29, 1.82) is 5.26 Å². The molecule has 23 heavy (non-hydrogen) atoms. The summed E-state index contributed by atoms with van der Waals surface area (Å²) in [5.41, 5.74) is 6.59. The highest BCUT2D eigenvalue weighted by molar-refractivity contribution is 6.30. The van der Waals surface area contributed by atoms with Crippen LogP contribution in [-0.4, -0.2) is 7.11 Å². The Labute approximate surface area is 141 Å². The monoisotopic (exact) mass is 321 g/mol. The molecule has 0 aromatic heterocycles. The van der Waals surface area contributed by atoms with Gasteiger partial charge in [-0.15, -0.1) is 0 Å². The van der Waals surface area contributed by atoms with Gasteiger partial charge in [0.1, 0.15) is 5.75 Å². The molecular formula is C20H16ClNO. The van der Waals surface area contributed by atoms with Crippen LogP contribution in [0.5, 0.6) is 5.75 Å². The molecule has 0 saturated carbocycles. The Hall–Kier alpha value is -2.50. The average Bonchev–Trinajstić information content (AvgIpc) is 2.80. The predicted octanol–water partition coefficient (Wildman–Crippen LogP) is 5.59. The van der Waals surface area contributed by atoms with Gasteiger partial charge in [-0.2, -0.15) is 5.26 Å². The van der Waals surface area contributed by atoms with Crippen LogP contribution in [0.1, 0.15) is 30.0 Å². The van der Waals surface area contributed by atoms with Gasteiger partial charge in [-0.05, 0) is 70.7 Å². The molecule has 0 unspecified atom stereocenters. The molecule has 0 heterocycles. The zero-order valence-electron chi connectivity index (χ0n) is 13.1. The fourth-order valence-electron chi connectivity index (χ4n) is 2.96. The van der Waals surface area contributed by atoms with Gasteiger partial charge in [-0.25, -0.2) is 0 Å². The molecule has 0 bridgehead atoms. The summed E-state index contributed by atoms with van der Waals surface area (Å²) in [4.78, 5) is 0. The first kappa shape index (κ1) is 15.4. The molecule has 2 aromatic rings. The second-order valence-corrected chi connectivity index (χ2v) is 5.90. The van der Waals surface area contributed by atoms with Crippen molar-refractivity contribution in [2.24, 2.45) is 0 Å². The summed E-state index contributed by atoms with van der Waals surface area (Å²) in [7, 11) is 1.65. The third-order valence-corrected chi connectivity index (χ3v) is 4.35. The molecule has 1 aliphatic rings. The average molecular weight is 322 g/mol. The van der Waals surface area contributed by atoms with Gasteiger partial charge in [-0.3, -0.25) is 0 Å². The highest BCUT2D eigenvalue weighted by atomic mass is 35.5. The van der Waals surface area contributed by atoms with Crippen molar-refractivity contribution in [3.05, 3.63) is 69.8 Å². The van der Waals surface area contributed by atoms with Gasteiger partial charge in [0.05, 0.1) is 19.6 Å². The topological polar surface area (TPSA) is 33.0 Å². The lowest BCUT2D eigenvalue weighted by Crippen LogP contribution is -1.88. The molecule has 2 aromatic carbocycles. The van der Waals surface area contributed by atoms with Crippen molar-refractivity contribution in [2.75, 3.05) is 7.11 Å². The quantitative estimate of drug-likeness (QED) is 0.738. The van der Waals surface area contributed by atoms with Gasteiger partial charge in [-0.1, -0.05) is 29.8 Å². The van der Waals surface area contributed by atoms with Crippen LogP contribution in [0.25, 0.3) is 17.2 Å². The molecule has 1 aliphatic carbocycles. The molecule has 2 nitrogen and oxygen atoms in total. The van der Waals surface area contributed by atoms with E-state index in [0.29, 0.717) is 11.4 Å². The lowest BCUT2D eigenvalue weighted by atomic mass is 10.0. The molecule has 0 spiro atoms. The van der Waals surface area contributed by atoms with Crippen LogP contribution in [0.15, 0.2) is 48.0 Å². The minimum atomic E-state index is 0.388. The van der Waals surface area contributed by atoms with Gasteiger partial charge >= 0.3 is 0 Å². The van der Waals surface area contributed by atoms with E-state index in [2.05, 4.69) is 25.1 Å². The van der Waals surface area contributed by atoms with E-state index in [1.807, 2.05) is 36.4 Å². The van der Waals surface area contributed by atoms with Gasteiger partial charge in [0.2, 0.25) is 0 Å². The first-order valence-electron chi connectivity index (χ1n) is 7.37. The molecule has 3 rings (SSSR count). The number of nitrogens with zero attached hydrogens (tertiary/aromatic N) is 1. The van der Waals surface area contributed by atoms with E-state index in [1.165, 1.54) is 0 Å². The van der Waals surface area contributed by atoms with Crippen LogP contribution in [-0.2, 0) is 0 Å². The summed E-state index contributed by atoms with van der Waals surface area (Å²) in [5, 5.41) is 9.87. The second-order valence-electron chi connectivity index (χ2n) is 5.46. The molecular weight excluding hydrogens is 306 g/mol. The second kappa shape index (κ2) is 6.32. The largest absolute Gasteiger partial charge is 0.497 e. The number of allylic oxidation sites excluding steroid dienone is 3. The summed E-state index contributed by atoms with van der Waals surface area (Å²) >= 11 is 6.08. The first-order chi connectivity index (χ1) is 11.1. The fourth-order valence-corrected chi connectivity index (χ4v) is 3.16. The van der Waals surface area contributed by atoms with Crippen molar-refractivity contribution < 1.29 is 4.74 Å². The van der Waals surface area contributed by atoms with E-state index in [-0.39, 0.29) is 0 Å². The lowest BCUT2D eigenvalue weighted by Gasteiger charge is -2.07. The van der Waals surface area contributed by atoms with E-state index in [4.69, 9.17) is 21.6 Å². The Bertz CT molecular complexity index is 871. The van der Waals surface area contributed by atoms with Crippen LogP contribution in [0.2, 0.25) is 5.02 Å². The number of nitriles is 1. The highest BCUT2D eigenvalue weighted by Crippen LogP contribution is 2.44.